The molecule has 0 fully saturated rings. The van der Waals surface area contributed by atoms with Crippen LogP contribution in [0.4, 0.5) is 0 Å². The molecule has 6 aromatic rings. The summed E-state index contributed by atoms with van der Waals surface area (Å²) in [6.07, 6.45) is 1.89. The Morgan fingerprint density at radius 1 is 0.676 bits per heavy atom. The first kappa shape index (κ1) is 23.5. The molecule has 1 heterocycles. The summed E-state index contributed by atoms with van der Waals surface area (Å²) in [5.41, 5.74) is 6.39. The maximum atomic E-state index is 9.80. The molecule has 178 valence electrons. The monoisotopic (exact) mass is 538 g/mol. The number of fused-ring (bicyclic) bond motifs is 4. The minimum absolute atomic E-state index is 0.675. The molecule has 5 aromatic carbocycles. The summed E-state index contributed by atoms with van der Waals surface area (Å²) in [5, 5.41) is 16.6. The summed E-state index contributed by atoms with van der Waals surface area (Å²) in [7, 11) is 0. The molecule has 37 heavy (non-hydrogen) atoms. The summed E-state index contributed by atoms with van der Waals surface area (Å²) in [6, 6.07) is 34.8. The van der Waals surface area contributed by atoms with Crippen LogP contribution in [0.1, 0.15) is 11.1 Å². The number of nitrogens with zero attached hydrogens (tertiary/aromatic N) is 2. The number of aryl methyl sites for hydroxylation is 1. The van der Waals surface area contributed by atoms with Gasteiger partial charge in [0.15, 0.2) is 0 Å². The van der Waals surface area contributed by atoms with E-state index < -0.39 is 13.3 Å². The molecular weight excluding hydrogens is 509 g/mol. The van der Waals surface area contributed by atoms with Crippen LogP contribution in [0.25, 0.3) is 54.7 Å². The van der Waals surface area contributed by atoms with Crippen LogP contribution in [0.2, 0.25) is 17.3 Å². The molecule has 0 amide bonds. The van der Waals surface area contributed by atoms with Crippen LogP contribution in [0.5, 0.6) is 0 Å². The van der Waals surface area contributed by atoms with Gasteiger partial charge in [0.1, 0.15) is 0 Å². The molecule has 2 nitrogen and oxygen atoms in total. The van der Waals surface area contributed by atoms with Crippen molar-refractivity contribution in [1.82, 2.24) is 4.98 Å². The third kappa shape index (κ3) is 4.00. The standard InChI is InChI=1S/C34H28GeN2/c1-22-28(23-9-11-27(12-10-23)35(2,3)4)13-15-31-29(22)14-16-33-32(31)17-18-37-34(33)25-19-24-7-5-6-8-30(24)26(20-25)21-36/h5-20H,1-4H3. The van der Waals surface area contributed by atoms with E-state index in [1.54, 1.807) is 0 Å². The molecule has 0 atom stereocenters. The van der Waals surface area contributed by atoms with E-state index in [2.05, 4.69) is 97.0 Å². The average Bonchev–Trinajstić information content (AvgIpc) is 2.91. The zero-order valence-electron chi connectivity index (χ0n) is 21.6. The van der Waals surface area contributed by atoms with Crippen LogP contribution in [-0.4, -0.2) is 18.3 Å². The first-order chi connectivity index (χ1) is 17.8. The Morgan fingerprint density at radius 3 is 2.14 bits per heavy atom. The summed E-state index contributed by atoms with van der Waals surface area (Å²) >= 11 is -1.84. The zero-order valence-corrected chi connectivity index (χ0v) is 23.7. The van der Waals surface area contributed by atoms with E-state index >= 15 is 0 Å². The third-order valence-corrected chi connectivity index (χ3v) is 11.9. The van der Waals surface area contributed by atoms with Gasteiger partial charge in [0.05, 0.1) is 11.6 Å². The normalized spacial score (nSPS) is 11.8. The predicted octanol–water partition coefficient (Wildman–Crippen LogP) is 8.60. The van der Waals surface area contributed by atoms with Crippen molar-refractivity contribution in [3.63, 3.8) is 0 Å². The molecule has 0 radical (unpaired) electrons. The van der Waals surface area contributed by atoms with E-state index in [9.17, 15) is 5.26 Å². The van der Waals surface area contributed by atoms with Gasteiger partial charge in [-0.05, 0) is 22.9 Å². The first-order valence-electron chi connectivity index (χ1n) is 12.7. The number of hydrogen-bond acceptors (Lipinski definition) is 2. The molecule has 6 rings (SSSR count). The van der Waals surface area contributed by atoms with E-state index in [1.807, 2.05) is 30.5 Å². The second-order valence-corrected chi connectivity index (χ2v) is 21.5. The van der Waals surface area contributed by atoms with E-state index in [-0.39, 0.29) is 0 Å². The van der Waals surface area contributed by atoms with Gasteiger partial charge in [-0.3, -0.25) is 0 Å². The van der Waals surface area contributed by atoms with E-state index in [0.29, 0.717) is 5.56 Å². The molecule has 0 aliphatic heterocycles. The number of rotatable bonds is 3. The number of pyridine rings is 1. The SMILES string of the molecule is Cc1c(-c2cc[c]([Ge]([CH3])([CH3])[CH3])cc2)ccc2c1ccc1c(-c3cc(C#N)c4ccccc4c3)nccc12. The maximum absolute atomic E-state index is 9.80. The van der Waals surface area contributed by atoms with Crippen molar-refractivity contribution in [1.29, 1.82) is 5.26 Å². The van der Waals surface area contributed by atoms with E-state index in [1.165, 1.54) is 37.2 Å². The Bertz CT molecular complexity index is 1870. The van der Waals surface area contributed by atoms with Crippen molar-refractivity contribution < 1.29 is 0 Å². The van der Waals surface area contributed by atoms with E-state index in [0.717, 1.165) is 27.4 Å². The van der Waals surface area contributed by atoms with Crippen LogP contribution < -0.4 is 4.40 Å². The van der Waals surface area contributed by atoms with Gasteiger partial charge < -0.3 is 0 Å². The van der Waals surface area contributed by atoms with Crippen molar-refractivity contribution >= 4 is 50.0 Å². The molecular formula is C34H28GeN2. The van der Waals surface area contributed by atoms with Gasteiger partial charge in [-0.25, -0.2) is 0 Å². The summed E-state index contributed by atoms with van der Waals surface area (Å²) in [5.74, 6) is 7.30. The molecule has 0 bridgehead atoms. The fourth-order valence-electron chi connectivity index (χ4n) is 5.45. The van der Waals surface area contributed by atoms with Gasteiger partial charge in [0, 0.05) is 0 Å². The number of benzene rings is 5. The van der Waals surface area contributed by atoms with Crippen LogP contribution in [-0.2, 0) is 0 Å². The molecule has 0 aliphatic carbocycles. The fourth-order valence-corrected chi connectivity index (χ4v) is 7.90. The van der Waals surface area contributed by atoms with Crippen molar-refractivity contribution in [3.8, 4) is 28.5 Å². The second kappa shape index (κ2) is 8.87. The summed E-state index contributed by atoms with van der Waals surface area (Å²) in [4.78, 5) is 4.78. The third-order valence-electron chi connectivity index (χ3n) is 7.53. The van der Waals surface area contributed by atoms with Crippen LogP contribution in [0.3, 0.4) is 0 Å². The van der Waals surface area contributed by atoms with Crippen molar-refractivity contribution in [2.24, 2.45) is 0 Å². The molecule has 0 N–H and O–H groups in total. The molecule has 0 saturated carbocycles. The average molecular weight is 537 g/mol. The number of nitriles is 1. The Kier molecular flexibility index (Phi) is 5.62. The van der Waals surface area contributed by atoms with Crippen LogP contribution in [0.15, 0.2) is 97.2 Å². The van der Waals surface area contributed by atoms with Gasteiger partial charge in [-0.1, -0.05) is 24.3 Å². The Hall–Kier alpha value is -3.94. The quantitative estimate of drug-likeness (QED) is 0.168. The van der Waals surface area contributed by atoms with Gasteiger partial charge in [0.2, 0.25) is 0 Å². The predicted molar refractivity (Wildman–Crippen MR) is 160 cm³/mol. The molecule has 3 heteroatoms. The van der Waals surface area contributed by atoms with Gasteiger partial charge in [-0.15, -0.1) is 0 Å². The van der Waals surface area contributed by atoms with Crippen molar-refractivity contribution in [2.75, 3.05) is 0 Å². The molecule has 0 saturated heterocycles. The fraction of sp³-hybridized carbons (Fsp3) is 0.118. The van der Waals surface area contributed by atoms with Crippen molar-refractivity contribution in [3.05, 3.63) is 108 Å². The van der Waals surface area contributed by atoms with Crippen molar-refractivity contribution in [2.45, 2.75) is 24.2 Å². The Balaban J connectivity index is 1.52. The molecule has 0 unspecified atom stereocenters. The van der Waals surface area contributed by atoms with Crippen LogP contribution >= 0.6 is 0 Å². The zero-order chi connectivity index (χ0) is 25.7. The first-order valence-corrected chi connectivity index (χ1v) is 20.0. The Morgan fingerprint density at radius 2 is 1.38 bits per heavy atom. The summed E-state index contributed by atoms with van der Waals surface area (Å²) < 4.78 is 1.53. The molecule has 0 spiro atoms. The van der Waals surface area contributed by atoms with Gasteiger partial charge in [-0.2, -0.15) is 5.26 Å². The minimum atomic E-state index is -1.84. The van der Waals surface area contributed by atoms with E-state index in [4.69, 9.17) is 4.98 Å². The van der Waals surface area contributed by atoms with Gasteiger partial charge in [0.25, 0.3) is 0 Å². The second-order valence-electron chi connectivity index (χ2n) is 10.8. The van der Waals surface area contributed by atoms with Gasteiger partial charge >= 0.3 is 157 Å². The summed E-state index contributed by atoms with van der Waals surface area (Å²) in [6.45, 7) is 2.23. The molecule has 0 aliphatic rings. The number of hydrogen-bond donors (Lipinski definition) is 0. The topological polar surface area (TPSA) is 36.7 Å². The van der Waals surface area contributed by atoms with Crippen LogP contribution in [0, 0.1) is 18.3 Å². The molecule has 1 aromatic heterocycles. The Labute approximate surface area is 220 Å². The number of aromatic nitrogens is 1.